The van der Waals surface area contributed by atoms with Crippen LogP contribution < -0.4 is 0 Å². The van der Waals surface area contributed by atoms with Gasteiger partial charge in [-0.05, 0) is 11.1 Å². The van der Waals surface area contributed by atoms with E-state index < -0.39 is 0 Å². The fourth-order valence-corrected chi connectivity index (χ4v) is 4.34. The molecule has 2 aliphatic heterocycles. The molecule has 0 aliphatic carbocycles. The second-order valence-electron chi connectivity index (χ2n) is 8.28. The average Bonchev–Trinajstić information content (AvgIpc) is 2.76. The van der Waals surface area contributed by atoms with Gasteiger partial charge in [0.1, 0.15) is 13.1 Å². The van der Waals surface area contributed by atoms with Crippen LogP contribution in [0.1, 0.15) is 30.4 Å². The molecule has 0 saturated carbocycles. The van der Waals surface area contributed by atoms with Crippen molar-refractivity contribution in [2.24, 2.45) is 0 Å². The summed E-state index contributed by atoms with van der Waals surface area (Å²) in [6.45, 7) is 9.05. The van der Waals surface area contributed by atoms with Gasteiger partial charge in [0.2, 0.25) is 12.7 Å². The molecule has 0 bridgehead atoms. The van der Waals surface area contributed by atoms with Crippen LogP contribution in [0.4, 0.5) is 0 Å². The predicted molar refractivity (Wildman–Crippen MR) is 120 cm³/mol. The highest BCUT2D eigenvalue weighted by atomic mass is 15.2. The molecule has 0 fully saturated rings. The van der Waals surface area contributed by atoms with E-state index >= 15 is 0 Å². The van der Waals surface area contributed by atoms with E-state index in [0.29, 0.717) is 0 Å². The van der Waals surface area contributed by atoms with Crippen LogP contribution >= 0.6 is 0 Å². The Bertz CT molecular complexity index is 744. The van der Waals surface area contributed by atoms with Crippen molar-refractivity contribution in [1.82, 2.24) is 9.80 Å². The zero-order chi connectivity index (χ0) is 19.7. The normalized spacial score (nSPS) is 17.1. The SMILES string of the molecule is C1=[N+](Cc2ccccc2)CCCN1CCCN1C=[N+](Cc2ccccc2)CCC1. The molecule has 2 aliphatic rings. The largest absolute Gasteiger partial charge is 0.268 e. The molecule has 0 unspecified atom stereocenters. The van der Waals surface area contributed by atoms with Crippen molar-refractivity contribution in [3.05, 3.63) is 71.8 Å². The van der Waals surface area contributed by atoms with Crippen molar-refractivity contribution in [3.8, 4) is 0 Å². The molecule has 0 atom stereocenters. The lowest BCUT2D eigenvalue weighted by atomic mass is 10.2. The van der Waals surface area contributed by atoms with Gasteiger partial charge in [0.25, 0.3) is 0 Å². The maximum Gasteiger partial charge on any atom is 0.234 e. The Labute approximate surface area is 175 Å². The second kappa shape index (κ2) is 10.2. The van der Waals surface area contributed by atoms with Crippen LogP contribution in [0, 0.1) is 0 Å². The average molecular weight is 391 g/mol. The molecule has 152 valence electrons. The number of benzene rings is 2. The summed E-state index contributed by atoms with van der Waals surface area (Å²) in [6.07, 6.45) is 8.44. The Hall–Kier alpha value is -2.62. The van der Waals surface area contributed by atoms with Gasteiger partial charge >= 0.3 is 0 Å². The molecule has 2 heterocycles. The Morgan fingerprint density at radius 1 is 0.621 bits per heavy atom. The molecule has 2 aromatic rings. The zero-order valence-corrected chi connectivity index (χ0v) is 17.5. The van der Waals surface area contributed by atoms with Gasteiger partial charge in [-0.2, -0.15) is 0 Å². The third-order valence-corrected chi connectivity index (χ3v) is 5.78. The summed E-state index contributed by atoms with van der Waals surface area (Å²) >= 11 is 0. The molecular weight excluding hydrogens is 356 g/mol. The number of nitrogens with zero attached hydrogens (tertiary/aromatic N) is 4. The van der Waals surface area contributed by atoms with Crippen molar-refractivity contribution >= 4 is 12.7 Å². The van der Waals surface area contributed by atoms with E-state index in [9.17, 15) is 0 Å². The fourth-order valence-electron chi connectivity index (χ4n) is 4.34. The van der Waals surface area contributed by atoms with Crippen LogP contribution in [0.3, 0.4) is 0 Å². The molecule has 0 aromatic heterocycles. The van der Waals surface area contributed by atoms with E-state index in [1.165, 1.54) is 56.6 Å². The lowest BCUT2D eigenvalue weighted by Gasteiger charge is -2.23. The second-order valence-corrected chi connectivity index (χ2v) is 8.28. The van der Waals surface area contributed by atoms with Gasteiger partial charge < -0.3 is 0 Å². The van der Waals surface area contributed by atoms with Gasteiger partial charge in [-0.1, -0.05) is 60.7 Å². The van der Waals surface area contributed by atoms with Crippen LogP contribution in [0.2, 0.25) is 0 Å². The van der Waals surface area contributed by atoms with Crippen LogP contribution in [0.5, 0.6) is 0 Å². The Morgan fingerprint density at radius 2 is 1.07 bits per heavy atom. The van der Waals surface area contributed by atoms with Crippen molar-refractivity contribution in [1.29, 1.82) is 0 Å². The molecule has 4 nitrogen and oxygen atoms in total. The number of hydrogen-bond donors (Lipinski definition) is 0. The first-order valence-corrected chi connectivity index (χ1v) is 11.1. The van der Waals surface area contributed by atoms with Gasteiger partial charge in [0.15, 0.2) is 0 Å². The maximum atomic E-state index is 2.51. The van der Waals surface area contributed by atoms with E-state index in [1.807, 2.05) is 0 Å². The third kappa shape index (κ3) is 6.18. The van der Waals surface area contributed by atoms with E-state index in [2.05, 4.69) is 92.3 Å². The summed E-state index contributed by atoms with van der Waals surface area (Å²) in [5, 5.41) is 0. The van der Waals surface area contributed by atoms with Gasteiger partial charge in [0.05, 0.1) is 39.3 Å². The fraction of sp³-hybridized carbons (Fsp3) is 0.440. The topological polar surface area (TPSA) is 12.5 Å². The summed E-state index contributed by atoms with van der Waals surface area (Å²) in [5.74, 6) is 0. The van der Waals surface area contributed by atoms with E-state index in [1.54, 1.807) is 0 Å². The highest BCUT2D eigenvalue weighted by Crippen LogP contribution is 2.07. The quantitative estimate of drug-likeness (QED) is 0.642. The summed E-state index contributed by atoms with van der Waals surface area (Å²) in [6, 6.07) is 21.6. The molecule has 4 heteroatoms. The summed E-state index contributed by atoms with van der Waals surface area (Å²) in [4.78, 5) is 5.02. The molecule has 0 saturated heterocycles. The highest BCUT2D eigenvalue weighted by molar-refractivity contribution is 5.50. The van der Waals surface area contributed by atoms with Gasteiger partial charge in [-0.15, -0.1) is 0 Å². The lowest BCUT2D eigenvalue weighted by molar-refractivity contribution is -0.549. The van der Waals surface area contributed by atoms with Crippen LogP contribution in [0.15, 0.2) is 60.7 Å². The van der Waals surface area contributed by atoms with E-state index in [0.717, 1.165) is 26.2 Å². The Kier molecular flexibility index (Phi) is 6.95. The number of rotatable bonds is 8. The molecule has 29 heavy (non-hydrogen) atoms. The molecule has 0 N–H and O–H groups in total. The van der Waals surface area contributed by atoms with Gasteiger partial charge in [0, 0.05) is 19.3 Å². The lowest BCUT2D eigenvalue weighted by Crippen LogP contribution is -2.39. The molecule has 2 aromatic carbocycles. The van der Waals surface area contributed by atoms with E-state index in [4.69, 9.17) is 0 Å². The van der Waals surface area contributed by atoms with Crippen molar-refractivity contribution < 1.29 is 9.15 Å². The smallest absolute Gasteiger partial charge is 0.234 e. The number of hydrogen-bond acceptors (Lipinski definition) is 2. The van der Waals surface area contributed by atoms with Crippen molar-refractivity contribution in [2.45, 2.75) is 32.4 Å². The monoisotopic (exact) mass is 390 g/mol. The Balaban J connectivity index is 1.25. The van der Waals surface area contributed by atoms with Crippen LogP contribution in [0.25, 0.3) is 0 Å². The highest BCUT2D eigenvalue weighted by Gasteiger charge is 2.19. The Morgan fingerprint density at radius 3 is 1.52 bits per heavy atom. The standard InChI is InChI=1S/C25H34N4/c1-3-10-24(11-4-1)20-28-18-8-16-26(22-28)14-7-15-27-17-9-19-29(23-27)21-25-12-5-2-6-13-25/h1-6,10-13,22-23H,7-9,14-21H2/q+2. The van der Waals surface area contributed by atoms with Gasteiger partial charge in [-0.3, -0.25) is 19.0 Å². The summed E-state index contributed by atoms with van der Waals surface area (Å²) < 4.78 is 4.93. The van der Waals surface area contributed by atoms with Crippen LogP contribution in [-0.2, 0) is 13.1 Å². The predicted octanol–water partition coefficient (Wildman–Crippen LogP) is 3.27. The van der Waals surface area contributed by atoms with E-state index in [-0.39, 0.29) is 0 Å². The first-order chi connectivity index (χ1) is 14.3. The summed E-state index contributed by atoms with van der Waals surface area (Å²) in [5.41, 5.74) is 2.79. The molecule has 4 rings (SSSR count). The minimum absolute atomic E-state index is 1.02. The van der Waals surface area contributed by atoms with Crippen LogP contribution in [-0.4, -0.2) is 70.9 Å². The molecule has 0 radical (unpaired) electrons. The molecule has 0 spiro atoms. The summed E-state index contributed by atoms with van der Waals surface area (Å²) in [7, 11) is 0. The minimum atomic E-state index is 1.02. The van der Waals surface area contributed by atoms with Crippen molar-refractivity contribution in [3.63, 3.8) is 0 Å². The van der Waals surface area contributed by atoms with Gasteiger partial charge in [-0.25, -0.2) is 0 Å². The minimum Gasteiger partial charge on any atom is -0.268 e. The van der Waals surface area contributed by atoms with Crippen molar-refractivity contribution in [2.75, 3.05) is 39.3 Å². The molecular formula is C25H34N4+2. The zero-order valence-electron chi connectivity index (χ0n) is 17.5. The first kappa shape index (κ1) is 19.7. The first-order valence-electron chi connectivity index (χ1n) is 11.1. The maximum absolute atomic E-state index is 2.51. The third-order valence-electron chi connectivity index (χ3n) is 5.78. The molecule has 0 amide bonds.